The highest BCUT2D eigenvalue weighted by molar-refractivity contribution is 6.24. The Kier molecular flexibility index (Phi) is 6.97. The number of imide groups is 1. The lowest BCUT2D eigenvalue weighted by Crippen LogP contribution is -2.49. The lowest BCUT2D eigenvalue weighted by Gasteiger charge is -2.29. The number of nitro benzene ring substituents is 1. The highest BCUT2D eigenvalue weighted by Gasteiger charge is 2.45. The SMILES string of the molecule is C[C@@H](C(=O)N(C)CC(=O)Nc1ccc(N2CCOCC2)cc1)N1C(=O)c2cccc([N+](=O)[O-])c2C1=O. The van der Waals surface area contributed by atoms with E-state index in [2.05, 4.69) is 10.2 Å². The number of benzene rings is 2. The number of nitrogens with zero attached hydrogens (tertiary/aromatic N) is 4. The summed E-state index contributed by atoms with van der Waals surface area (Å²) in [6.45, 7) is 3.92. The number of likely N-dealkylation sites (N-methyl/N-ethyl adjacent to an activating group) is 1. The van der Waals surface area contributed by atoms with E-state index >= 15 is 0 Å². The fraction of sp³-hybridized carbons (Fsp3) is 0.333. The number of hydrogen-bond acceptors (Lipinski definition) is 8. The van der Waals surface area contributed by atoms with Crippen LogP contribution >= 0.6 is 0 Å². The van der Waals surface area contributed by atoms with Crippen LogP contribution in [0.2, 0.25) is 0 Å². The summed E-state index contributed by atoms with van der Waals surface area (Å²) >= 11 is 0. The molecular formula is C24H25N5O7. The Morgan fingerprint density at radius 2 is 1.78 bits per heavy atom. The summed E-state index contributed by atoms with van der Waals surface area (Å²) in [5.74, 6) is -2.83. The zero-order valence-corrected chi connectivity index (χ0v) is 19.8. The first kappa shape index (κ1) is 24.8. The first-order valence-electron chi connectivity index (χ1n) is 11.3. The quantitative estimate of drug-likeness (QED) is 0.346. The largest absolute Gasteiger partial charge is 0.378 e. The summed E-state index contributed by atoms with van der Waals surface area (Å²) in [4.78, 5) is 65.6. The Morgan fingerprint density at radius 3 is 2.42 bits per heavy atom. The number of carbonyl (C=O) groups excluding carboxylic acids is 4. The Labute approximate surface area is 206 Å². The molecule has 0 unspecified atom stereocenters. The van der Waals surface area contributed by atoms with Crippen molar-refractivity contribution in [2.75, 3.05) is 50.1 Å². The molecule has 2 aliphatic heterocycles. The lowest BCUT2D eigenvalue weighted by molar-refractivity contribution is -0.385. The molecule has 1 atom stereocenters. The summed E-state index contributed by atoms with van der Waals surface area (Å²) in [6, 6.07) is 9.78. The summed E-state index contributed by atoms with van der Waals surface area (Å²) < 4.78 is 5.35. The van der Waals surface area contributed by atoms with Crippen LogP contribution in [0.25, 0.3) is 0 Å². The van der Waals surface area contributed by atoms with Gasteiger partial charge in [-0.3, -0.25) is 34.2 Å². The predicted octanol–water partition coefficient (Wildman–Crippen LogP) is 1.51. The Balaban J connectivity index is 1.37. The second kappa shape index (κ2) is 10.1. The molecule has 0 radical (unpaired) electrons. The fourth-order valence-electron chi connectivity index (χ4n) is 4.29. The van der Waals surface area contributed by atoms with E-state index in [1.165, 1.54) is 26.1 Å². The number of anilines is 2. The van der Waals surface area contributed by atoms with Gasteiger partial charge in [-0.1, -0.05) is 6.07 Å². The minimum absolute atomic E-state index is 0.130. The average Bonchev–Trinajstić information content (AvgIpc) is 3.13. The van der Waals surface area contributed by atoms with E-state index in [4.69, 9.17) is 4.74 Å². The zero-order chi connectivity index (χ0) is 26.0. The number of carbonyl (C=O) groups is 4. The van der Waals surface area contributed by atoms with Gasteiger partial charge in [-0.05, 0) is 37.3 Å². The first-order valence-corrected chi connectivity index (χ1v) is 11.3. The molecule has 2 aromatic rings. The van der Waals surface area contributed by atoms with Crippen molar-refractivity contribution in [3.8, 4) is 0 Å². The second-order valence-corrected chi connectivity index (χ2v) is 8.50. The van der Waals surface area contributed by atoms with Crippen molar-refractivity contribution in [3.63, 3.8) is 0 Å². The van der Waals surface area contributed by atoms with Crippen LogP contribution in [0.3, 0.4) is 0 Å². The highest BCUT2D eigenvalue weighted by Crippen LogP contribution is 2.32. The van der Waals surface area contributed by atoms with Crippen molar-refractivity contribution in [1.29, 1.82) is 0 Å². The third-order valence-corrected chi connectivity index (χ3v) is 6.15. The van der Waals surface area contributed by atoms with Crippen LogP contribution in [0.5, 0.6) is 0 Å². The molecule has 0 aromatic heterocycles. The Hall–Kier alpha value is -4.32. The van der Waals surface area contributed by atoms with E-state index in [1.54, 1.807) is 12.1 Å². The third-order valence-electron chi connectivity index (χ3n) is 6.15. The van der Waals surface area contributed by atoms with Crippen LogP contribution in [0.15, 0.2) is 42.5 Å². The standard InChI is InChI=1S/C24H25N5O7/c1-15(28-23(32)18-4-3-5-19(29(34)35)21(18)24(28)33)22(31)26(2)14-20(30)25-16-6-8-17(9-7-16)27-10-12-36-13-11-27/h3-9,15H,10-14H2,1-2H3,(H,25,30)/t15-/m0/s1. The molecule has 12 heteroatoms. The third kappa shape index (κ3) is 4.75. The monoisotopic (exact) mass is 495 g/mol. The van der Waals surface area contributed by atoms with Gasteiger partial charge in [0.25, 0.3) is 17.5 Å². The molecule has 12 nitrogen and oxygen atoms in total. The maximum absolute atomic E-state index is 12.9. The highest BCUT2D eigenvalue weighted by atomic mass is 16.6. The van der Waals surface area contributed by atoms with Crippen LogP contribution in [0, 0.1) is 10.1 Å². The van der Waals surface area contributed by atoms with Gasteiger partial charge in [0.05, 0.1) is 30.2 Å². The molecule has 2 heterocycles. The van der Waals surface area contributed by atoms with Crippen LogP contribution in [0.4, 0.5) is 17.1 Å². The fourth-order valence-corrected chi connectivity index (χ4v) is 4.29. The van der Waals surface area contributed by atoms with Gasteiger partial charge in [0.15, 0.2) is 0 Å². The van der Waals surface area contributed by atoms with Crippen LogP contribution in [0.1, 0.15) is 27.6 Å². The smallest absolute Gasteiger partial charge is 0.282 e. The van der Waals surface area contributed by atoms with Gasteiger partial charge >= 0.3 is 0 Å². The molecule has 0 spiro atoms. The molecule has 2 aliphatic rings. The maximum Gasteiger partial charge on any atom is 0.282 e. The minimum Gasteiger partial charge on any atom is -0.378 e. The maximum atomic E-state index is 12.9. The van der Waals surface area contributed by atoms with Gasteiger partial charge < -0.3 is 19.9 Å². The molecule has 4 rings (SSSR count). The number of ether oxygens (including phenoxy) is 1. The summed E-state index contributed by atoms with van der Waals surface area (Å²) in [6.07, 6.45) is 0. The number of morpholine rings is 1. The second-order valence-electron chi connectivity index (χ2n) is 8.50. The molecule has 1 fully saturated rings. The van der Waals surface area contributed by atoms with Crippen molar-refractivity contribution in [3.05, 3.63) is 63.7 Å². The van der Waals surface area contributed by atoms with Gasteiger partial charge in [-0.15, -0.1) is 0 Å². The van der Waals surface area contributed by atoms with Crippen molar-refractivity contribution in [1.82, 2.24) is 9.80 Å². The van der Waals surface area contributed by atoms with Gasteiger partial charge in [0.2, 0.25) is 11.8 Å². The van der Waals surface area contributed by atoms with Gasteiger partial charge in [0.1, 0.15) is 11.6 Å². The molecule has 188 valence electrons. The van der Waals surface area contributed by atoms with Crippen LogP contribution < -0.4 is 10.2 Å². The van der Waals surface area contributed by atoms with Crippen molar-refractivity contribution in [2.45, 2.75) is 13.0 Å². The molecule has 0 bridgehead atoms. The zero-order valence-electron chi connectivity index (χ0n) is 19.8. The van der Waals surface area contributed by atoms with Crippen molar-refractivity contribution < 1.29 is 28.8 Å². The van der Waals surface area contributed by atoms with Crippen molar-refractivity contribution >= 4 is 40.7 Å². The molecule has 2 aromatic carbocycles. The number of hydrogen-bond donors (Lipinski definition) is 1. The van der Waals surface area contributed by atoms with E-state index in [9.17, 15) is 29.3 Å². The number of rotatable bonds is 7. The topological polar surface area (TPSA) is 142 Å². The van der Waals surface area contributed by atoms with Gasteiger partial charge in [-0.2, -0.15) is 0 Å². The number of fused-ring (bicyclic) bond motifs is 1. The first-order chi connectivity index (χ1) is 17.2. The lowest BCUT2D eigenvalue weighted by atomic mass is 10.1. The molecule has 1 saturated heterocycles. The molecular weight excluding hydrogens is 470 g/mol. The van der Waals surface area contributed by atoms with Crippen LogP contribution in [-0.4, -0.2) is 84.3 Å². The van der Waals surface area contributed by atoms with E-state index in [-0.39, 0.29) is 17.7 Å². The Bertz CT molecular complexity index is 1220. The average molecular weight is 495 g/mol. The summed E-state index contributed by atoms with van der Waals surface area (Å²) in [5.41, 5.74) is 0.598. The van der Waals surface area contributed by atoms with E-state index in [1.807, 2.05) is 12.1 Å². The summed E-state index contributed by atoms with van der Waals surface area (Å²) in [5, 5.41) is 14.0. The van der Waals surface area contributed by atoms with E-state index in [0.717, 1.165) is 29.7 Å². The number of amides is 4. The van der Waals surface area contributed by atoms with E-state index < -0.39 is 40.3 Å². The van der Waals surface area contributed by atoms with Gasteiger partial charge in [-0.25, -0.2) is 0 Å². The molecule has 36 heavy (non-hydrogen) atoms. The molecule has 4 amide bonds. The molecule has 1 N–H and O–H groups in total. The molecule has 0 aliphatic carbocycles. The van der Waals surface area contributed by atoms with Crippen molar-refractivity contribution in [2.24, 2.45) is 0 Å². The Morgan fingerprint density at radius 1 is 1.11 bits per heavy atom. The number of nitrogens with one attached hydrogen (secondary N) is 1. The normalized spacial score (nSPS) is 15.9. The van der Waals surface area contributed by atoms with Gasteiger partial charge in [0, 0.05) is 37.6 Å². The van der Waals surface area contributed by atoms with Crippen LogP contribution in [-0.2, 0) is 14.3 Å². The number of nitro groups is 1. The summed E-state index contributed by atoms with van der Waals surface area (Å²) in [7, 11) is 1.38. The minimum atomic E-state index is -1.26. The predicted molar refractivity (Wildman–Crippen MR) is 129 cm³/mol. The van der Waals surface area contributed by atoms with E-state index in [0.29, 0.717) is 23.8 Å². The molecule has 0 saturated carbocycles.